The summed E-state index contributed by atoms with van der Waals surface area (Å²) in [6, 6.07) is 9.47. The van der Waals surface area contributed by atoms with Crippen molar-refractivity contribution < 1.29 is 9.59 Å². The van der Waals surface area contributed by atoms with Crippen LogP contribution in [0.2, 0.25) is 0 Å². The van der Waals surface area contributed by atoms with Gasteiger partial charge >= 0.3 is 0 Å². The molecule has 1 aromatic rings. The van der Waals surface area contributed by atoms with E-state index >= 15 is 0 Å². The van der Waals surface area contributed by atoms with Crippen molar-refractivity contribution in [3.8, 4) is 6.07 Å². The number of nitriles is 1. The lowest BCUT2D eigenvalue weighted by Crippen LogP contribution is -2.43. The van der Waals surface area contributed by atoms with Crippen molar-refractivity contribution in [3.63, 3.8) is 0 Å². The van der Waals surface area contributed by atoms with Crippen molar-refractivity contribution in [2.45, 2.75) is 19.9 Å². The normalized spacial score (nSPS) is 27.3. The average molecular weight is 391 g/mol. The predicted octanol–water partition coefficient (Wildman–Crippen LogP) is 1.42. The summed E-state index contributed by atoms with van der Waals surface area (Å²) in [5.41, 5.74) is 1.55. The fraction of sp³-hybridized carbons (Fsp3) is 0.455. The largest absolute Gasteiger partial charge is 0.357 e. The van der Waals surface area contributed by atoms with Crippen LogP contribution in [-0.4, -0.2) is 42.3 Å². The molecule has 7 nitrogen and oxygen atoms in total. The number of nitrogens with one attached hydrogen (secondary N) is 2. The number of fused-ring (bicyclic) bond motifs is 5. The standard InChI is InChI=1S/C22H25N5O2/c1-2-24-22(26-13-15-5-3-4-14(10-15)12-23)25-8-9-27-20(28)18-16-6-7-17(11-16)19(18)21(27)29/h3-7,10,16-19H,2,8-9,11,13H2,1H3,(H2,24,25,26). The second-order valence-corrected chi connectivity index (χ2v) is 7.76. The Morgan fingerprint density at radius 1 is 1.21 bits per heavy atom. The van der Waals surface area contributed by atoms with Gasteiger partial charge in [0.1, 0.15) is 0 Å². The second kappa shape index (κ2) is 8.08. The third-order valence-electron chi connectivity index (χ3n) is 6.01. The highest BCUT2D eigenvalue weighted by molar-refractivity contribution is 6.06. The maximum Gasteiger partial charge on any atom is 0.233 e. The fourth-order valence-corrected chi connectivity index (χ4v) is 4.72. The van der Waals surface area contributed by atoms with E-state index in [0.29, 0.717) is 37.7 Å². The first kappa shape index (κ1) is 19.2. The molecule has 4 atom stereocenters. The van der Waals surface area contributed by atoms with Gasteiger partial charge in [0, 0.05) is 19.6 Å². The smallest absolute Gasteiger partial charge is 0.233 e. The summed E-state index contributed by atoms with van der Waals surface area (Å²) < 4.78 is 0. The van der Waals surface area contributed by atoms with E-state index in [1.54, 1.807) is 6.07 Å². The van der Waals surface area contributed by atoms with Gasteiger partial charge in [0.25, 0.3) is 0 Å². The van der Waals surface area contributed by atoms with Crippen LogP contribution in [0.25, 0.3) is 0 Å². The summed E-state index contributed by atoms with van der Waals surface area (Å²) in [5.74, 6) is 0.766. The van der Waals surface area contributed by atoms with Crippen molar-refractivity contribution in [2.24, 2.45) is 28.7 Å². The lowest BCUT2D eigenvalue weighted by Gasteiger charge is -2.18. The first-order valence-corrected chi connectivity index (χ1v) is 10.2. The number of benzene rings is 1. The van der Waals surface area contributed by atoms with E-state index in [4.69, 9.17) is 5.26 Å². The van der Waals surface area contributed by atoms with Crippen LogP contribution in [-0.2, 0) is 16.1 Å². The van der Waals surface area contributed by atoms with Crippen LogP contribution in [0, 0.1) is 35.0 Å². The Labute approximate surface area is 170 Å². The number of rotatable bonds is 6. The van der Waals surface area contributed by atoms with Gasteiger partial charge in [-0.3, -0.25) is 14.5 Å². The Morgan fingerprint density at radius 2 is 1.93 bits per heavy atom. The monoisotopic (exact) mass is 391 g/mol. The third-order valence-corrected chi connectivity index (χ3v) is 6.01. The number of aliphatic imine (C=N–C) groups is 1. The van der Waals surface area contributed by atoms with Gasteiger partial charge < -0.3 is 10.6 Å². The second-order valence-electron chi connectivity index (χ2n) is 7.76. The molecule has 2 N–H and O–H groups in total. The van der Waals surface area contributed by atoms with Crippen LogP contribution < -0.4 is 10.6 Å². The maximum atomic E-state index is 12.7. The Morgan fingerprint density at radius 3 is 2.59 bits per heavy atom. The molecule has 1 saturated heterocycles. The number of hydrogen-bond acceptors (Lipinski definition) is 4. The van der Waals surface area contributed by atoms with Gasteiger partial charge in [-0.15, -0.1) is 0 Å². The molecule has 1 aliphatic heterocycles. The number of imide groups is 1. The van der Waals surface area contributed by atoms with E-state index < -0.39 is 0 Å². The Hall–Kier alpha value is -3.14. The molecule has 2 bridgehead atoms. The molecule has 0 radical (unpaired) electrons. The van der Waals surface area contributed by atoms with E-state index in [-0.39, 0.29) is 35.5 Å². The number of carbonyl (C=O) groups excluding carboxylic acids is 2. The van der Waals surface area contributed by atoms with E-state index in [0.717, 1.165) is 12.0 Å². The number of amides is 2. The zero-order valence-electron chi connectivity index (χ0n) is 16.5. The first-order valence-electron chi connectivity index (χ1n) is 10.2. The number of hydrogen-bond donors (Lipinski definition) is 2. The van der Waals surface area contributed by atoms with Gasteiger partial charge in [-0.1, -0.05) is 24.3 Å². The highest BCUT2D eigenvalue weighted by Crippen LogP contribution is 2.52. The van der Waals surface area contributed by atoms with Crippen molar-refractivity contribution in [1.29, 1.82) is 5.26 Å². The molecule has 0 aromatic heterocycles. The fourth-order valence-electron chi connectivity index (χ4n) is 4.72. The summed E-state index contributed by atoms with van der Waals surface area (Å²) in [5, 5.41) is 15.4. The minimum absolute atomic E-state index is 0.0195. The Bertz CT molecular complexity index is 886. The number of likely N-dealkylation sites (tertiary alicyclic amines) is 1. The highest BCUT2D eigenvalue weighted by Gasteiger charge is 2.58. The van der Waals surface area contributed by atoms with Gasteiger partial charge in [-0.25, -0.2) is 4.99 Å². The van der Waals surface area contributed by atoms with E-state index in [2.05, 4.69) is 33.8 Å². The summed E-state index contributed by atoms with van der Waals surface area (Å²) in [7, 11) is 0. The van der Waals surface area contributed by atoms with Gasteiger partial charge in [-0.05, 0) is 42.9 Å². The van der Waals surface area contributed by atoms with Crippen LogP contribution in [0.1, 0.15) is 24.5 Å². The molecule has 2 fully saturated rings. The summed E-state index contributed by atoms with van der Waals surface area (Å²) in [6.45, 7) is 3.91. The Kier molecular flexibility index (Phi) is 5.34. The average Bonchev–Trinajstić information content (AvgIpc) is 3.41. The van der Waals surface area contributed by atoms with Crippen LogP contribution in [0.4, 0.5) is 0 Å². The molecule has 1 heterocycles. The van der Waals surface area contributed by atoms with Crippen molar-refractivity contribution in [1.82, 2.24) is 15.5 Å². The topological polar surface area (TPSA) is 97.6 Å². The zero-order chi connectivity index (χ0) is 20.4. The first-order chi connectivity index (χ1) is 14.1. The van der Waals surface area contributed by atoms with E-state index in [1.807, 2.05) is 25.1 Å². The van der Waals surface area contributed by atoms with E-state index in [9.17, 15) is 9.59 Å². The summed E-state index contributed by atoms with van der Waals surface area (Å²) in [4.78, 5) is 31.4. The highest BCUT2D eigenvalue weighted by atomic mass is 16.2. The molecule has 2 amide bonds. The number of carbonyl (C=O) groups is 2. The van der Waals surface area contributed by atoms with E-state index in [1.165, 1.54) is 4.90 Å². The van der Waals surface area contributed by atoms with Crippen LogP contribution in [0.3, 0.4) is 0 Å². The van der Waals surface area contributed by atoms with Gasteiger partial charge in [0.2, 0.25) is 11.8 Å². The molecule has 1 saturated carbocycles. The lowest BCUT2D eigenvalue weighted by molar-refractivity contribution is -0.140. The maximum absolute atomic E-state index is 12.7. The molecular weight excluding hydrogens is 366 g/mol. The molecule has 7 heteroatoms. The molecule has 2 aliphatic carbocycles. The van der Waals surface area contributed by atoms with Crippen LogP contribution in [0.5, 0.6) is 0 Å². The van der Waals surface area contributed by atoms with Gasteiger partial charge in [-0.2, -0.15) is 5.26 Å². The Balaban J connectivity index is 1.34. The van der Waals surface area contributed by atoms with Gasteiger partial charge in [0.05, 0.1) is 30.0 Å². The molecule has 150 valence electrons. The molecular formula is C22H25N5O2. The summed E-state index contributed by atoms with van der Waals surface area (Å²) >= 11 is 0. The number of nitrogens with zero attached hydrogens (tertiary/aromatic N) is 3. The van der Waals surface area contributed by atoms with Crippen LogP contribution >= 0.6 is 0 Å². The third kappa shape index (κ3) is 3.63. The molecule has 4 rings (SSSR count). The van der Waals surface area contributed by atoms with Crippen molar-refractivity contribution in [3.05, 3.63) is 47.5 Å². The van der Waals surface area contributed by atoms with Gasteiger partial charge in [0.15, 0.2) is 5.96 Å². The molecule has 4 unspecified atom stereocenters. The molecule has 29 heavy (non-hydrogen) atoms. The van der Waals surface area contributed by atoms with Crippen molar-refractivity contribution >= 4 is 17.8 Å². The number of allylic oxidation sites excluding steroid dienone is 2. The quantitative estimate of drug-likeness (QED) is 0.331. The predicted molar refractivity (Wildman–Crippen MR) is 108 cm³/mol. The molecule has 0 spiro atoms. The molecule has 3 aliphatic rings. The van der Waals surface area contributed by atoms with Crippen LogP contribution in [0.15, 0.2) is 41.4 Å². The number of guanidine groups is 1. The van der Waals surface area contributed by atoms with Crippen molar-refractivity contribution in [2.75, 3.05) is 19.6 Å². The summed E-state index contributed by atoms with van der Waals surface area (Å²) in [6.07, 6.45) is 5.16. The minimum atomic E-state index is -0.146. The molecule has 1 aromatic carbocycles. The minimum Gasteiger partial charge on any atom is -0.357 e. The zero-order valence-corrected chi connectivity index (χ0v) is 16.5. The SMILES string of the molecule is CCNC(=NCc1cccc(C#N)c1)NCCN1C(=O)C2C3C=CC(C3)C2C1=O. The lowest BCUT2D eigenvalue weighted by atomic mass is 9.85.